The van der Waals surface area contributed by atoms with Crippen molar-refractivity contribution in [3.8, 4) is 0 Å². The number of hydrogen-bond acceptors (Lipinski definition) is 2. The molecule has 16 heavy (non-hydrogen) atoms. The standard InChI is InChI=1S/C10H10F3NO2/c11-10(12,13)7-1-2-8-3-5-9(6-4-8)14(15)16/h3-6H,1-2,7H2. The number of nitrogens with zero attached hydrogens (tertiary/aromatic N) is 1. The first-order valence-corrected chi connectivity index (χ1v) is 4.68. The van der Waals surface area contributed by atoms with Gasteiger partial charge >= 0.3 is 6.18 Å². The summed E-state index contributed by atoms with van der Waals surface area (Å²) in [5.41, 5.74) is 0.620. The number of hydrogen-bond donors (Lipinski definition) is 0. The number of rotatable bonds is 4. The van der Waals surface area contributed by atoms with Crippen LogP contribution in [0.15, 0.2) is 24.3 Å². The van der Waals surface area contributed by atoms with Crippen LogP contribution < -0.4 is 0 Å². The third kappa shape index (κ3) is 4.29. The summed E-state index contributed by atoms with van der Waals surface area (Å²) in [6.45, 7) is 0. The second kappa shape index (κ2) is 4.96. The van der Waals surface area contributed by atoms with Crippen molar-refractivity contribution in [1.29, 1.82) is 0 Å². The average Bonchev–Trinajstić information content (AvgIpc) is 2.16. The van der Waals surface area contributed by atoms with Gasteiger partial charge in [-0.25, -0.2) is 0 Å². The summed E-state index contributed by atoms with van der Waals surface area (Å²) in [4.78, 5) is 9.77. The molecular formula is C10H10F3NO2. The van der Waals surface area contributed by atoms with E-state index in [0.717, 1.165) is 0 Å². The van der Waals surface area contributed by atoms with Gasteiger partial charge in [-0.05, 0) is 18.4 Å². The van der Waals surface area contributed by atoms with Gasteiger partial charge in [0.1, 0.15) is 0 Å². The van der Waals surface area contributed by atoms with E-state index in [1.165, 1.54) is 24.3 Å². The lowest BCUT2D eigenvalue weighted by molar-refractivity contribution is -0.384. The quantitative estimate of drug-likeness (QED) is 0.590. The molecule has 0 aliphatic heterocycles. The van der Waals surface area contributed by atoms with E-state index in [9.17, 15) is 23.3 Å². The molecule has 0 amide bonds. The van der Waals surface area contributed by atoms with E-state index in [2.05, 4.69) is 0 Å². The summed E-state index contributed by atoms with van der Waals surface area (Å²) in [6, 6.07) is 5.55. The first-order chi connectivity index (χ1) is 7.38. The molecule has 0 aromatic heterocycles. The second-order valence-electron chi connectivity index (χ2n) is 3.39. The van der Waals surface area contributed by atoms with Crippen LogP contribution in [0.25, 0.3) is 0 Å². The van der Waals surface area contributed by atoms with Crippen molar-refractivity contribution in [3.05, 3.63) is 39.9 Å². The number of halogens is 3. The number of nitro benzene ring substituents is 1. The summed E-state index contributed by atoms with van der Waals surface area (Å²) in [6.07, 6.45) is -4.69. The van der Waals surface area contributed by atoms with Crippen molar-refractivity contribution >= 4 is 5.69 Å². The molecule has 0 heterocycles. The van der Waals surface area contributed by atoms with Crippen molar-refractivity contribution < 1.29 is 18.1 Å². The molecular weight excluding hydrogens is 223 g/mol. The predicted molar refractivity (Wildman–Crippen MR) is 52.1 cm³/mol. The van der Waals surface area contributed by atoms with E-state index < -0.39 is 17.5 Å². The Hall–Kier alpha value is -1.59. The summed E-state index contributed by atoms with van der Waals surface area (Å²) < 4.78 is 35.5. The Balaban J connectivity index is 2.47. The zero-order valence-electron chi connectivity index (χ0n) is 8.33. The maximum absolute atomic E-state index is 11.8. The Kier molecular flexibility index (Phi) is 3.87. The van der Waals surface area contributed by atoms with Crippen LogP contribution in [0.5, 0.6) is 0 Å². The molecule has 0 atom stereocenters. The van der Waals surface area contributed by atoms with Crippen LogP contribution in [0.3, 0.4) is 0 Å². The lowest BCUT2D eigenvalue weighted by atomic mass is 10.1. The summed E-state index contributed by atoms with van der Waals surface area (Å²) in [7, 11) is 0. The first-order valence-electron chi connectivity index (χ1n) is 4.68. The van der Waals surface area contributed by atoms with Gasteiger partial charge in [-0.15, -0.1) is 0 Å². The normalized spacial score (nSPS) is 11.4. The van der Waals surface area contributed by atoms with Gasteiger partial charge in [-0.2, -0.15) is 13.2 Å². The molecule has 0 radical (unpaired) electrons. The highest BCUT2D eigenvalue weighted by atomic mass is 19.4. The van der Waals surface area contributed by atoms with Crippen molar-refractivity contribution in [2.24, 2.45) is 0 Å². The second-order valence-corrected chi connectivity index (χ2v) is 3.39. The van der Waals surface area contributed by atoms with Gasteiger partial charge in [0.15, 0.2) is 0 Å². The van der Waals surface area contributed by atoms with Crippen LogP contribution in [-0.4, -0.2) is 11.1 Å². The summed E-state index contributed by atoms with van der Waals surface area (Å²) in [5, 5.41) is 10.3. The third-order valence-electron chi connectivity index (χ3n) is 2.07. The number of non-ortho nitro benzene ring substituents is 1. The molecule has 0 spiro atoms. The molecule has 1 rings (SSSR count). The molecule has 3 nitrogen and oxygen atoms in total. The maximum Gasteiger partial charge on any atom is 0.389 e. The monoisotopic (exact) mass is 233 g/mol. The molecule has 0 aliphatic rings. The average molecular weight is 233 g/mol. The minimum absolute atomic E-state index is 0.00130. The lowest BCUT2D eigenvalue weighted by Crippen LogP contribution is -2.07. The molecule has 0 bridgehead atoms. The fourth-order valence-electron chi connectivity index (χ4n) is 1.28. The summed E-state index contributed by atoms with van der Waals surface area (Å²) in [5.74, 6) is 0. The zero-order chi connectivity index (χ0) is 12.2. The third-order valence-corrected chi connectivity index (χ3v) is 2.07. The number of alkyl halides is 3. The molecule has 1 aromatic rings. The Bertz CT molecular complexity index is 359. The Morgan fingerprint density at radius 1 is 1.19 bits per heavy atom. The number of nitro groups is 1. The molecule has 0 fully saturated rings. The predicted octanol–water partition coefficient (Wildman–Crippen LogP) is 3.48. The van der Waals surface area contributed by atoms with E-state index in [1.54, 1.807) is 0 Å². The minimum atomic E-state index is -4.14. The van der Waals surface area contributed by atoms with Crippen LogP contribution in [0.4, 0.5) is 18.9 Å². The fourth-order valence-corrected chi connectivity index (χ4v) is 1.28. The Labute approximate surface area is 90.0 Å². The first kappa shape index (κ1) is 12.5. The van der Waals surface area contributed by atoms with Crippen molar-refractivity contribution in [3.63, 3.8) is 0 Å². The molecule has 0 unspecified atom stereocenters. The van der Waals surface area contributed by atoms with E-state index >= 15 is 0 Å². The number of benzene rings is 1. The Morgan fingerprint density at radius 3 is 2.19 bits per heavy atom. The number of aryl methyl sites for hydroxylation is 1. The van der Waals surface area contributed by atoms with Crippen LogP contribution in [0, 0.1) is 10.1 Å². The smallest absolute Gasteiger partial charge is 0.258 e. The molecule has 6 heteroatoms. The van der Waals surface area contributed by atoms with Gasteiger partial charge < -0.3 is 0 Å². The molecule has 0 saturated carbocycles. The van der Waals surface area contributed by atoms with Crippen LogP contribution in [0.1, 0.15) is 18.4 Å². The van der Waals surface area contributed by atoms with E-state index in [0.29, 0.717) is 5.56 Å². The van der Waals surface area contributed by atoms with Crippen molar-refractivity contribution in [2.75, 3.05) is 0 Å². The van der Waals surface area contributed by atoms with Gasteiger partial charge in [-0.1, -0.05) is 12.1 Å². The van der Waals surface area contributed by atoms with Gasteiger partial charge in [0.05, 0.1) is 4.92 Å². The molecule has 88 valence electrons. The van der Waals surface area contributed by atoms with E-state index in [-0.39, 0.29) is 18.5 Å². The maximum atomic E-state index is 11.8. The minimum Gasteiger partial charge on any atom is -0.258 e. The van der Waals surface area contributed by atoms with Crippen LogP contribution >= 0.6 is 0 Å². The largest absolute Gasteiger partial charge is 0.389 e. The van der Waals surface area contributed by atoms with Crippen LogP contribution in [0.2, 0.25) is 0 Å². The Morgan fingerprint density at radius 2 is 1.75 bits per heavy atom. The van der Waals surface area contributed by atoms with Crippen molar-refractivity contribution in [2.45, 2.75) is 25.4 Å². The molecule has 0 N–H and O–H groups in total. The van der Waals surface area contributed by atoms with Gasteiger partial charge in [-0.3, -0.25) is 10.1 Å². The highest BCUT2D eigenvalue weighted by Crippen LogP contribution is 2.23. The molecule has 0 aliphatic carbocycles. The SMILES string of the molecule is O=[N+]([O-])c1ccc(CCCC(F)(F)F)cc1. The van der Waals surface area contributed by atoms with Gasteiger partial charge in [0.25, 0.3) is 5.69 Å². The topological polar surface area (TPSA) is 43.1 Å². The summed E-state index contributed by atoms with van der Waals surface area (Å²) >= 11 is 0. The van der Waals surface area contributed by atoms with Gasteiger partial charge in [0, 0.05) is 18.6 Å². The van der Waals surface area contributed by atoms with Gasteiger partial charge in [0.2, 0.25) is 0 Å². The fraction of sp³-hybridized carbons (Fsp3) is 0.400. The molecule has 1 aromatic carbocycles. The van der Waals surface area contributed by atoms with Crippen LogP contribution in [-0.2, 0) is 6.42 Å². The van der Waals surface area contributed by atoms with E-state index in [1.807, 2.05) is 0 Å². The molecule has 0 saturated heterocycles. The lowest BCUT2D eigenvalue weighted by Gasteiger charge is -2.05. The van der Waals surface area contributed by atoms with Crippen molar-refractivity contribution in [1.82, 2.24) is 0 Å². The zero-order valence-corrected chi connectivity index (χ0v) is 8.33. The highest BCUT2D eigenvalue weighted by molar-refractivity contribution is 5.32. The highest BCUT2D eigenvalue weighted by Gasteiger charge is 2.25. The van der Waals surface area contributed by atoms with E-state index in [4.69, 9.17) is 0 Å².